The zero-order valence-corrected chi connectivity index (χ0v) is 20.1. The molecule has 3 amide bonds. The summed E-state index contributed by atoms with van der Waals surface area (Å²) in [5.74, 6) is -4.79. The highest BCUT2D eigenvalue weighted by Gasteiger charge is 2.30. The van der Waals surface area contributed by atoms with Crippen molar-refractivity contribution in [2.24, 2.45) is 11.5 Å². The third-order valence-electron chi connectivity index (χ3n) is 5.26. The van der Waals surface area contributed by atoms with E-state index in [1.54, 1.807) is 0 Å². The van der Waals surface area contributed by atoms with Crippen molar-refractivity contribution < 1.29 is 39.3 Å². The number of phenolic OH excluding ortho intramolecular Hbond substituents is 1. The number of hydrogen-bond acceptors (Lipinski definition) is 8. The fourth-order valence-corrected chi connectivity index (χ4v) is 3.21. The second-order valence-electron chi connectivity index (χ2n) is 8.40. The lowest BCUT2D eigenvalue weighted by atomic mass is 10.0. The molecule has 0 aliphatic rings. The molecule has 0 fully saturated rings. The van der Waals surface area contributed by atoms with Gasteiger partial charge in [0, 0.05) is 12.8 Å². The normalized spacial score (nSPS) is 14.1. The fourth-order valence-electron chi connectivity index (χ4n) is 3.21. The van der Waals surface area contributed by atoms with Crippen LogP contribution in [-0.2, 0) is 30.4 Å². The Kier molecular flexibility index (Phi) is 12.9. The number of amides is 3. The van der Waals surface area contributed by atoms with Gasteiger partial charge < -0.3 is 42.7 Å². The Morgan fingerprint density at radius 2 is 1.36 bits per heavy atom. The summed E-state index contributed by atoms with van der Waals surface area (Å²) in [7, 11) is 0. The number of carbonyl (C=O) groups is 5. The van der Waals surface area contributed by atoms with Crippen LogP contribution in [0.15, 0.2) is 24.3 Å². The summed E-state index contributed by atoms with van der Waals surface area (Å²) in [6.07, 6.45) is 0.375. The largest absolute Gasteiger partial charge is 0.508 e. The maximum Gasteiger partial charge on any atom is 0.326 e. The Morgan fingerprint density at radius 1 is 0.833 bits per heavy atom. The maximum atomic E-state index is 12.9. The minimum absolute atomic E-state index is 0.0109. The molecule has 0 aromatic heterocycles. The van der Waals surface area contributed by atoms with E-state index >= 15 is 0 Å². The van der Waals surface area contributed by atoms with Crippen LogP contribution < -0.4 is 27.4 Å². The van der Waals surface area contributed by atoms with Gasteiger partial charge in [-0.05, 0) is 56.8 Å². The van der Waals surface area contributed by atoms with Gasteiger partial charge in [-0.1, -0.05) is 12.1 Å². The van der Waals surface area contributed by atoms with E-state index in [0.717, 1.165) is 0 Å². The van der Waals surface area contributed by atoms with E-state index in [1.165, 1.54) is 31.2 Å². The number of aromatic hydroxyl groups is 1. The Labute approximate surface area is 208 Å². The summed E-state index contributed by atoms with van der Waals surface area (Å²) in [6.45, 7) is 1.81. The second kappa shape index (κ2) is 15.3. The second-order valence-corrected chi connectivity index (χ2v) is 8.40. The molecule has 13 nitrogen and oxygen atoms in total. The SMILES string of the molecule is CC(N)C(=O)NC(CCCCN)C(=O)NC(CCC(=O)O)C(=O)NC(Cc1ccc(O)cc1)C(=O)O. The molecule has 200 valence electrons. The Hall–Kier alpha value is -3.71. The van der Waals surface area contributed by atoms with Gasteiger partial charge in [-0.25, -0.2) is 4.79 Å². The molecule has 0 aliphatic carbocycles. The van der Waals surface area contributed by atoms with Crippen LogP contribution in [0.25, 0.3) is 0 Å². The lowest BCUT2D eigenvalue weighted by Crippen LogP contribution is -2.57. The lowest BCUT2D eigenvalue weighted by molar-refractivity contribution is -0.143. The van der Waals surface area contributed by atoms with Gasteiger partial charge in [0.05, 0.1) is 6.04 Å². The summed E-state index contributed by atoms with van der Waals surface area (Å²) >= 11 is 0. The molecule has 1 rings (SSSR count). The van der Waals surface area contributed by atoms with Crippen molar-refractivity contribution in [2.45, 2.75) is 69.6 Å². The third kappa shape index (κ3) is 11.1. The monoisotopic (exact) mass is 509 g/mol. The van der Waals surface area contributed by atoms with Gasteiger partial charge in [0.2, 0.25) is 17.7 Å². The zero-order valence-electron chi connectivity index (χ0n) is 20.1. The minimum atomic E-state index is -1.38. The number of carboxylic acids is 2. The Balaban J connectivity index is 3.02. The first-order chi connectivity index (χ1) is 16.9. The summed E-state index contributed by atoms with van der Waals surface area (Å²) in [6, 6.07) is 1.02. The van der Waals surface area contributed by atoms with Crippen LogP contribution >= 0.6 is 0 Å². The summed E-state index contributed by atoms with van der Waals surface area (Å²) in [5.41, 5.74) is 11.6. The zero-order chi connectivity index (χ0) is 27.3. The molecule has 0 saturated heterocycles. The van der Waals surface area contributed by atoms with Crippen molar-refractivity contribution in [1.29, 1.82) is 0 Å². The highest BCUT2D eigenvalue weighted by Crippen LogP contribution is 2.12. The molecule has 1 aromatic rings. The number of aliphatic carboxylic acids is 2. The molecule has 4 atom stereocenters. The van der Waals surface area contributed by atoms with Gasteiger partial charge >= 0.3 is 11.9 Å². The molecule has 0 heterocycles. The molecule has 1 aromatic carbocycles. The van der Waals surface area contributed by atoms with Gasteiger partial charge in [0.25, 0.3) is 0 Å². The number of nitrogens with one attached hydrogen (secondary N) is 3. The Morgan fingerprint density at radius 3 is 1.86 bits per heavy atom. The molecule has 13 heteroatoms. The average molecular weight is 510 g/mol. The van der Waals surface area contributed by atoms with Crippen molar-refractivity contribution in [2.75, 3.05) is 6.54 Å². The van der Waals surface area contributed by atoms with Gasteiger partial charge in [-0.15, -0.1) is 0 Å². The highest BCUT2D eigenvalue weighted by atomic mass is 16.4. The standard InChI is InChI=1S/C23H35N5O8/c1-13(25)20(32)26-16(4-2-3-11-24)21(33)27-17(9-10-19(30)31)22(34)28-18(23(35)36)12-14-5-7-15(29)8-6-14/h5-8,13,16-18,29H,2-4,9-12,24-25H2,1H3,(H,26,32)(H,27,33)(H,28,34)(H,30,31)(H,35,36). The number of phenols is 1. The predicted molar refractivity (Wildman–Crippen MR) is 129 cm³/mol. The first kappa shape index (κ1) is 30.3. The molecule has 4 unspecified atom stereocenters. The van der Waals surface area contributed by atoms with Gasteiger partial charge in [-0.2, -0.15) is 0 Å². The molecule has 0 saturated carbocycles. The Bertz CT molecular complexity index is 906. The molecular formula is C23H35N5O8. The van der Waals surface area contributed by atoms with Gasteiger partial charge in [0.1, 0.15) is 23.9 Å². The van der Waals surface area contributed by atoms with Crippen LogP contribution in [0.5, 0.6) is 5.75 Å². The molecule has 0 spiro atoms. The van der Waals surface area contributed by atoms with Gasteiger partial charge in [0.15, 0.2) is 0 Å². The van der Waals surface area contributed by atoms with E-state index < -0.39 is 60.2 Å². The minimum Gasteiger partial charge on any atom is -0.508 e. The number of carbonyl (C=O) groups excluding carboxylic acids is 3. The van der Waals surface area contributed by atoms with Crippen molar-refractivity contribution in [3.8, 4) is 5.75 Å². The van der Waals surface area contributed by atoms with Crippen LogP contribution in [0.2, 0.25) is 0 Å². The molecule has 0 aliphatic heterocycles. The van der Waals surface area contributed by atoms with Crippen molar-refractivity contribution in [3.63, 3.8) is 0 Å². The van der Waals surface area contributed by atoms with Crippen LogP contribution in [-0.4, -0.2) is 75.7 Å². The first-order valence-electron chi connectivity index (χ1n) is 11.5. The number of unbranched alkanes of at least 4 members (excludes halogenated alkanes) is 1. The number of nitrogens with two attached hydrogens (primary N) is 2. The van der Waals surface area contributed by atoms with Crippen molar-refractivity contribution in [3.05, 3.63) is 29.8 Å². The van der Waals surface area contributed by atoms with Crippen molar-refractivity contribution in [1.82, 2.24) is 16.0 Å². The van der Waals surface area contributed by atoms with E-state index in [9.17, 15) is 34.2 Å². The van der Waals surface area contributed by atoms with Crippen LogP contribution in [0.4, 0.5) is 0 Å². The summed E-state index contributed by atoms with van der Waals surface area (Å²) in [5, 5.41) is 35.3. The molecule has 0 radical (unpaired) electrons. The van der Waals surface area contributed by atoms with E-state index in [4.69, 9.17) is 16.6 Å². The first-order valence-corrected chi connectivity index (χ1v) is 11.5. The molecule has 0 bridgehead atoms. The number of benzene rings is 1. The number of hydrogen-bond donors (Lipinski definition) is 8. The smallest absolute Gasteiger partial charge is 0.326 e. The lowest BCUT2D eigenvalue weighted by Gasteiger charge is -2.25. The topological polar surface area (TPSA) is 234 Å². The highest BCUT2D eigenvalue weighted by molar-refractivity contribution is 5.94. The van der Waals surface area contributed by atoms with Crippen LogP contribution in [0.3, 0.4) is 0 Å². The van der Waals surface area contributed by atoms with Crippen molar-refractivity contribution >= 4 is 29.7 Å². The van der Waals surface area contributed by atoms with Crippen LogP contribution in [0, 0.1) is 0 Å². The summed E-state index contributed by atoms with van der Waals surface area (Å²) in [4.78, 5) is 60.8. The van der Waals surface area contributed by atoms with E-state index in [1.807, 2.05) is 0 Å². The molecular weight excluding hydrogens is 474 g/mol. The number of carboxylic acid groups (broad SMARTS) is 2. The van der Waals surface area contributed by atoms with E-state index in [0.29, 0.717) is 24.9 Å². The predicted octanol–water partition coefficient (Wildman–Crippen LogP) is -1.19. The van der Waals surface area contributed by atoms with Gasteiger partial charge in [-0.3, -0.25) is 19.2 Å². The molecule has 36 heavy (non-hydrogen) atoms. The average Bonchev–Trinajstić information content (AvgIpc) is 2.81. The molecule has 10 N–H and O–H groups in total. The summed E-state index contributed by atoms with van der Waals surface area (Å²) < 4.78 is 0. The maximum absolute atomic E-state index is 12.9. The van der Waals surface area contributed by atoms with Crippen LogP contribution in [0.1, 0.15) is 44.6 Å². The van der Waals surface area contributed by atoms with E-state index in [2.05, 4.69) is 16.0 Å². The third-order valence-corrected chi connectivity index (χ3v) is 5.26. The fraction of sp³-hybridized carbons (Fsp3) is 0.522. The van der Waals surface area contributed by atoms with E-state index in [-0.39, 0.29) is 25.0 Å². The number of rotatable bonds is 16. The quantitative estimate of drug-likeness (QED) is 0.124.